The topological polar surface area (TPSA) is 68.0 Å². The van der Waals surface area contributed by atoms with Crippen molar-refractivity contribution < 1.29 is 13.2 Å². The lowest BCUT2D eigenvalue weighted by Gasteiger charge is -2.11. The molecule has 0 bridgehead atoms. The quantitative estimate of drug-likeness (QED) is 0.501. The number of pyridine rings is 1. The minimum Gasteiger partial charge on any atom is -0.323 e. The van der Waals surface area contributed by atoms with Crippen LogP contribution in [-0.4, -0.2) is 31.1 Å². The molecule has 0 saturated heterocycles. The number of nitrogens with zero attached hydrogens (tertiary/aromatic N) is 5. The molecule has 0 spiro atoms. The average molecular weight is 402 g/mol. The summed E-state index contributed by atoms with van der Waals surface area (Å²) in [6.45, 7) is 0. The van der Waals surface area contributed by atoms with E-state index < -0.39 is 11.7 Å². The minimum atomic E-state index is -4.52. The molecule has 4 aromatic rings. The fourth-order valence-electron chi connectivity index (χ4n) is 2.69. The first-order chi connectivity index (χ1) is 13.5. The number of aromatic nitrogens is 5. The first-order valence-corrected chi connectivity index (χ1v) is 9.33. The highest BCUT2D eigenvalue weighted by atomic mass is 32.2. The van der Waals surface area contributed by atoms with Crippen LogP contribution < -0.4 is 5.32 Å². The molecule has 3 aromatic heterocycles. The van der Waals surface area contributed by atoms with Gasteiger partial charge in [0.05, 0.1) is 17.5 Å². The largest absolute Gasteiger partial charge is 0.418 e. The van der Waals surface area contributed by atoms with Gasteiger partial charge in [-0.2, -0.15) is 22.8 Å². The predicted molar refractivity (Wildman–Crippen MR) is 101 cm³/mol. The Kier molecular flexibility index (Phi) is 4.63. The van der Waals surface area contributed by atoms with E-state index in [2.05, 4.69) is 25.6 Å². The Morgan fingerprint density at radius 2 is 1.93 bits per heavy atom. The van der Waals surface area contributed by atoms with Gasteiger partial charge in [-0.05, 0) is 42.7 Å². The number of thioether (sulfide) groups is 1. The Morgan fingerprint density at radius 1 is 1.07 bits per heavy atom. The molecule has 0 aliphatic heterocycles. The second kappa shape index (κ2) is 7.12. The second-order valence-corrected chi connectivity index (χ2v) is 6.67. The Labute approximate surface area is 161 Å². The monoisotopic (exact) mass is 402 g/mol. The zero-order valence-corrected chi connectivity index (χ0v) is 15.3. The van der Waals surface area contributed by atoms with Gasteiger partial charge in [-0.3, -0.25) is 4.98 Å². The molecular weight excluding hydrogens is 389 g/mol. The molecular formula is C18H13F3N6S. The molecule has 0 atom stereocenters. The van der Waals surface area contributed by atoms with Crippen molar-refractivity contribution >= 4 is 29.0 Å². The second-order valence-electron chi connectivity index (χ2n) is 5.79. The summed E-state index contributed by atoms with van der Waals surface area (Å²) in [4.78, 5) is 4.95. The first-order valence-electron chi connectivity index (χ1n) is 8.11. The smallest absolute Gasteiger partial charge is 0.323 e. The summed E-state index contributed by atoms with van der Waals surface area (Å²) in [6.07, 6.45) is 0.0850. The number of benzene rings is 1. The van der Waals surface area contributed by atoms with Gasteiger partial charge in [0.1, 0.15) is 0 Å². The van der Waals surface area contributed by atoms with Crippen LogP contribution in [0.3, 0.4) is 0 Å². The molecule has 3 heterocycles. The number of fused-ring (bicyclic) bond motifs is 1. The predicted octanol–water partition coefficient (Wildman–Crippen LogP) is 4.67. The van der Waals surface area contributed by atoms with E-state index in [1.807, 2.05) is 30.5 Å². The van der Waals surface area contributed by atoms with Crippen molar-refractivity contribution in [3.63, 3.8) is 0 Å². The van der Waals surface area contributed by atoms with E-state index >= 15 is 0 Å². The van der Waals surface area contributed by atoms with E-state index in [1.54, 1.807) is 11.8 Å². The molecule has 0 unspecified atom stereocenters. The highest BCUT2D eigenvalue weighted by molar-refractivity contribution is 7.98. The van der Waals surface area contributed by atoms with Crippen molar-refractivity contribution in [2.75, 3.05) is 11.6 Å². The van der Waals surface area contributed by atoms with Crippen LogP contribution in [0.4, 0.5) is 24.8 Å². The van der Waals surface area contributed by atoms with Crippen LogP contribution in [0.5, 0.6) is 0 Å². The Hall–Kier alpha value is -3.14. The summed E-state index contributed by atoms with van der Waals surface area (Å²) in [6, 6.07) is 11.4. The van der Waals surface area contributed by atoms with E-state index in [4.69, 9.17) is 0 Å². The maximum absolute atomic E-state index is 13.3. The van der Waals surface area contributed by atoms with Gasteiger partial charge >= 0.3 is 6.18 Å². The van der Waals surface area contributed by atoms with Crippen LogP contribution >= 0.6 is 11.8 Å². The molecule has 1 N–H and O–H groups in total. The van der Waals surface area contributed by atoms with Crippen LogP contribution in [0.15, 0.2) is 59.8 Å². The van der Waals surface area contributed by atoms with E-state index in [-0.39, 0.29) is 11.3 Å². The maximum atomic E-state index is 13.3. The third-order valence-electron chi connectivity index (χ3n) is 3.97. The Morgan fingerprint density at radius 3 is 2.71 bits per heavy atom. The van der Waals surface area contributed by atoms with Crippen LogP contribution in [0, 0.1) is 0 Å². The molecule has 0 amide bonds. The average Bonchev–Trinajstić information content (AvgIpc) is 3.09. The number of alkyl halides is 3. The highest BCUT2D eigenvalue weighted by Gasteiger charge is 2.34. The molecule has 0 aliphatic carbocycles. The molecule has 0 aliphatic rings. The van der Waals surface area contributed by atoms with E-state index in [1.165, 1.54) is 29.0 Å². The third-order valence-corrected chi connectivity index (χ3v) is 4.70. The lowest BCUT2D eigenvalue weighted by molar-refractivity contribution is -0.137. The fourth-order valence-corrected chi connectivity index (χ4v) is 3.15. The van der Waals surface area contributed by atoms with E-state index in [9.17, 15) is 13.2 Å². The number of halogens is 3. The van der Waals surface area contributed by atoms with E-state index in [0.29, 0.717) is 11.6 Å². The summed E-state index contributed by atoms with van der Waals surface area (Å²) in [5.74, 6) is 0.358. The van der Waals surface area contributed by atoms with Crippen molar-refractivity contribution in [2.45, 2.75) is 11.1 Å². The van der Waals surface area contributed by atoms with Gasteiger partial charge in [0, 0.05) is 22.3 Å². The van der Waals surface area contributed by atoms with E-state index in [0.717, 1.165) is 16.6 Å². The summed E-state index contributed by atoms with van der Waals surface area (Å²) >= 11 is 1.60. The molecule has 0 saturated carbocycles. The molecule has 6 nitrogen and oxygen atoms in total. The lowest BCUT2D eigenvalue weighted by Crippen LogP contribution is -2.08. The molecule has 4 rings (SSSR count). The van der Waals surface area contributed by atoms with Gasteiger partial charge in [-0.1, -0.05) is 6.07 Å². The van der Waals surface area contributed by atoms with Crippen LogP contribution in [0.2, 0.25) is 0 Å². The third kappa shape index (κ3) is 3.50. The Bertz CT molecular complexity index is 1140. The number of hydrogen-bond acceptors (Lipinski definition) is 6. The molecule has 10 heteroatoms. The number of anilines is 2. The van der Waals surface area contributed by atoms with Gasteiger partial charge < -0.3 is 5.32 Å². The van der Waals surface area contributed by atoms with Crippen molar-refractivity contribution in [1.82, 2.24) is 24.8 Å². The van der Waals surface area contributed by atoms with Gasteiger partial charge in [0.25, 0.3) is 0 Å². The highest BCUT2D eigenvalue weighted by Crippen LogP contribution is 2.35. The number of rotatable bonds is 4. The Balaban J connectivity index is 1.71. The number of nitrogens with one attached hydrogen (secondary N) is 1. The summed E-state index contributed by atoms with van der Waals surface area (Å²) < 4.78 is 41.2. The zero-order valence-electron chi connectivity index (χ0n) is 14.5. The SMILES string of the molecule is CSc1cccc(Nc2nnc3cc(-c4ncccc4C(F)(F)F)cnn23)c1. The first kappa shape index (κ1) is 18.2. The molecule has 0 radical (unpaired) electrons. The van der Waals surface area contributed by atoms with Crippen LogP contribution in [0.25, 0.3) is 16.9 Å². The summed E-state index contributed by atoms with van der Waals surface area (Å²) in [5.41, 5.74) is 0.294. The molecule has 1 aromatic carbocycles. The van der Waals surface area contributed by atoms with Crippen LogP contribution in [0.1, 0.15) is 5.56 Å². The van der Waals surface area contributed by atoms with Crippen LogP contribution in [-0.2, 0) is 6.18 Å². The summed E-state index contributed by atoms with van der Waals surface area (Å²) in [5, 5.41) is 15.4. The standard InChI is InChI=1S/C18H13F3N6S/c1-28-13-5-2-4-12(9-13)24-17-26-25-15-8-11(10-23-27(15)17)16-14(18(19,20)21)6-3-7-22-16/h2-10H,1H3,(H,24,26). The normalized spacial score (nSPS) is 11.7. The molecule has 0 fully saturated rings. The molecule has 142 valence electrons. The minimum absolute atomic E-state index is 0.199. The van der Waals surface area contributed by atoms with Gasteiger partial charge in [-0.25, -0.2) is 0 Å². The maximum Gasteiger partial charge on any atom is 0.418 e. The lowest BCUT2D eigenvalue weighted by atomic mass is 10.1. The van der Waals surface area contributed by atoms with Gasteiger partial charge in [0.2, 0.25) is 5.95 Å². The van der Waals surface area contributed by atoms with Crippen molar-refractivity contribution in [2.24, 2.45) is 0 Å². The van der Waals surface area contributed by atoms with Gasteiger partial charge in [0.15, 0.2) is 5.65 Å². The summed E-state index contributed by atoms with van der Waals surface area (Å²) in [7, 11) is 0. The zero-order chi connectivity index (χ0) is 19.7. The van der Waals surface area contributed by atoms with Crippen molar-refractivity contribution in [1.29, 1.82) is 0 Å². The number of hydrogen-bond donors (Lipinski definition) is 1. The van der Waals surface area contributed by atoms with Crippen molar-refractivity contribution in [3.05, 3.63) is 60.4 Å². The van der Waals surface area contributed by atoms with Crippen molar-refractivity contribution in [3.8, 4) is 11.3 Å². The van der Waals surface area contributed by atoms with Gasteiger partial charge in [-0.15, -0.1) is 22.0 Å². The molecule has 28 heavy (non-hydrogen) atoms. The fraction of sp³-hybridized carbons (Fsp3) is 0.111.